The second-order valence-electron chi connectivity index (χ2n) is 6.70. The largest absolute Gasteiger partial charge is 0.393 e. The average Bonchev–Trinajstić information content (AvgIpc) is 3.10. The minimum Gasteiger partial charge on any atom is -0.393 e. The molecule has 1 saturated heterocycles. The van der Waals surface area contributed by atoms with Crippen LogP contribution >= 0.6 is 0 Å². The first-order valence-electron chi connectivity index (χ1n) is 8.69. The molecule has 0 spiro atoms. The van der Waals surface area contributed by atoms with E-state index in [0.717, 1.165) is 17.7 Å². The third-order valence-corrected chi connectivity index (χ3v) is 4.73. The summed E-state index contributed by atoms with van der Waals surface area (Å²) in [5, 5.41) is 16.9. The van der Waals surface area contributed by atoms with Crippen LogP contribution in [0.25, 0.3) is 0 Å². The van der Waals surface area contributed by atoms with Crippen LogP contribution in [0.1, 0.15) is 34.1 Å². The molecule has 0 aliphatic carbocycles. The van der Waals surface area contributed by atoms with E-state index >= 15 is 0 Å². The summed E-state index contributed by atoms with van der Waals surface area (Å²) in [6.07, 6.45) is 2.87. The highest BCUT2D eigenvalue weighted by Gasteiger charge is 2.38. The number of nitrogens with one attached hydrogen (secondary N) is 1. The first kappa shape index (κ1) is 17.6. The van der Waals surface area contributed by atoms with E-state index < -0.39 is 5.60 Å². The number of carbonyl (C=O) groups is 1. The summed E-state index contributed by atoms with van der Waals surface area (Å²) < 4.78 is 5.95. The van der Waals surface area contributed by atoms with Crippen LogP contribution in [-0.4, -0.2) is 58.0 Å². The topological polar surface area (TPSA) is 78.5 Å². The van der Waals surface area contributed by atoms with E-state index in [-0.39, 0.29) is 12.5 Å². The van der Waals surface area contributed by atoms with Gasteiger partial charge < -0.3 is 14.7 Å². The molecule has 1 unspecified atom stereocenters. The molecule has 3 rings (SSSR count). The summed E-state index contributed by atoms with van der Waals surface area (Å²) in [7, 11) is 0. The molecule has 1 amide bonds. The molecule has 2 aromatic rings. The van der Waals surface area contributed by atoms with Gasteiger partial charge in [0.2, 0.25) is 0 Å². The fraction of sp³-hybridized carbons (Fsp3) is 0.474. The molecule has 1 aliphatic rings. The number of aromatic amines is 1. The fourth-order valence-corrected chi connectivity index (χ4v) is 3.41. The number of carbonyl (C=O) groups excluding carboxylic acids is 1. The molecule has 2 N–H and O–H groups in total. The number of hydrogen-bond acceptors (Lipinski definition) is 4. The van der Waals surface area contributed by atoms with E-state index in [1.54, 1.807) is 11.1 Å². The van der Waals surface area contributed by atoms with Crippen molar-refractivity contribution in [1.82, 2.24) is 15.1 Å². The third-order valence-electron chi connectivity index (χ3n) is 4.73. The molecule has 1 aromatic carbocycles. The monoisotopic (exact) mass is 343 g/mol. The maximum atomic E-state index is 12.9. The lowest BCUT2D eigenvalue weighted by atomic mass is 9.92. The van der Waals surface area contributed by atoms with Gasteiger partial charge in [0.1, 0.15) is 5.60 Å². The van der Waals surface area contributed by atoms with E-state index in [4.69, 9.17) is 4.74 Å². The highest BCUT2D eigenvalue weighted by molar-refractivity contribution is 5.95. The van der Waals surface area contributed by atoms with Crippen LogP contribution < -0.4 is 0 Å². The minimum atomic E-state index is -0.766. The number of morpholine rings is 1. The maximum absolute atomic E-state index is 12.9. The van der Waals surface area contributed by atoms with Gasteiger partial charge in [-0.3, -0.25) is 9.89 Å². The number of benzene rings is 1. The van der Waals surface area contributed by atoms with Gasteiger partial charge in [0.05, 0.1) is 31.5 Å². The van der Waals surface area contributed by atoms with Crippen LogP contribution in [0.5, 0.6) is 0 Å². The van der Waals surface area contributed by atoms with Crippen molar-refractivity contribution < 1.29 is 14.6 Å². The molecule has 0 bridgehead atoms. The number of aromatic nitrogens is 2. The van der Waals surface area contributed by atoms with E-state index in [1.807, 2.05) is 32.0 Å². The number of aliphatic hydroxyl groups excluding tert-OH is 1. The number of nitrogens with zero attached hydrogens (tertiary/aromatic N) is 2. The Labute approximate surface area is 147 Å². The van der Waals surface area contributed by atoms with Gasteiger partial charge in [-0.15, -0.1) is 0 Å². The number of rotatable bonds is 5. The smallest absolute Gasteiger partial charge is 0.257 e. The Morgan fingerprint density at radius 1 is 1.48 bits per heavy atom. The van der Waals surface area contributed by atoms with Crippen LogP contribution in [0.4, 0.5) is 0 Å². The van der Waals surface area contributed by atoms with E-state index in [2.05, 4.69) is 16.3 Å². The van der Waals surface area contributed by atoms with Gasteiger partial charge in [-0.1, -0.05) is 36.8 Å². The number of H-pyrrole nitrogens is 1. The predicted octanol–water partition coefficient (Wildman–Crippen LogP) is 1.73. The Hall–Kier alpha value is -2.18. The van der Waals surface area contributed by atoms with Crippen molar-refractivity contribution in [3.63, 3.8) is 0 Å². The van der Waals surface area contributed by atoms with Crippen LogP contribution in [-0.2, 0) is 17.6 Å². The van der Waals surface area contributed by atoms with Gasteiger partial charge in [0, 0.05) is 18.7 Å². The zero-order valence-electron chi connectivity index (χ0n) is 14.8. The van der Waals surface area contributed by atoms with Crippen molar-refractivity contribution in [2.45, 2.75) is 32.3 Å². The van der Waals surface area contributed by atoms with Crippen LogP contribution in [0.2, 0.25) is 0 Å². The lowest BCUT2D eigenvalue weighted by Crippen LogP contribution is -2.56. The van der Waals surface area contributed by atoms with Crippen LogP contribution in [0.3, 0.4) is 0 Å². The molecular weight excluding hydrogens is 318 g/mol. The molecule has 6 heteroatoms. The zero-order valence-corrected chi connectivity index (χ0v) is 14.8. The van der Waals surface area contributed by atoms with E-state index in [9.17, 15) is 9.90 Å². The minimum absolute atomic E-state index is 0.0593. The normalized spacial score (nSPS) is 20.7. The molecule has 0 radical (unpaired) electrons. The molecule has 1 fully saturated rings. The standard InChI is InChI=1S/C19H25N3O3/c1-3-17-16(11-20-21-17)18(24)22-7-8-25-19(12-22,13-23)10-15-6-4-5-14(2)9-15/h4-6,9,11,23H,3,7-8,10,12-13H2,1-2H3,(H,20,21). The Morgan fingerprint density at radius 3 is 3.04 bits per heavy atom. The van der Waals surface area contributed by atoms with Crippen LogP contribution in [0.15, 0.2) is 30.5 Å². The maximum Gasteiger partial charge on any atom is 0.257 e. The Bertz CT molecular complexity index is 743. The molecule has 1 aromatic heterocycles. The number of amides is 1. The highest BCUT2D eigenvalue weighted by Crippen LogP contribution is 2.25. The number of aliphatic hydroxyl groups is 1. The number of hydrogen-bond donors (Lipinski definition) is 2. The molecule has 25 heavy (non-hydrogen) atoms. The fourth-order valence-electron chi connectivity index (χ4n) is 3.41. The van der Waals surface area contributed by atoms with Gasteiger partial charge in [-0.25, -0.2) is 0 Å². The van der Waals surface area contributed by atoms with E-state index in [1.165, 1.54) is 5.56 Å². The molecule has 1 atom stereocenters. The Kier molecular flexibility index (Phi) is 5.20. The predicted molar refractivity (Wildman–Crippen MR) is 94.5 cm³/mol. The highest BCUT2D eigenvalue weighted by atomic mass is 16.5. The summed E-state index contributed by atoms with van der Waals surface area (Å²) in [6.45, 7) is 5.19. The summed E-state index contributed by atoms with van der Waals surface area (Å²) in [4.78, 5) is 14.6. The van der Waals surface area contributed by atoms with Crippen LogP contribution in [0, 0.1) is 6.92 Å². The summed E-state index contributed by atoms with van der Waals surface area (Å²) in [5.41, 5.74) is 2.94. The third kappa shape index (κ3) is 3.75. The molecule has 2 heterocycles. The van der Waals surface area contributed by atoms with Crippen molar-refractivity contribution in [3.8, 4) is 0 Å². The van der Waals surface area contributed by atoms with Crippen molar-refractivity contribution >= 4 is 5.91 Å². The Balaban J connectivity index is 1.79. The second-order valence-corrected chi connectivity index (χ2v) is 6.70. The quantitative estimate of drug-likeness (QED) is 0.867. The van der Waals surface area contributed by atoms with Gasteiger partial charge in [-0.05, 0) is 18.9 Å². The summed E-state index contributed by atoms with van der Waals surface area (Å²) >= 11 is 0. The van der Waals surface area contributed by atoms with Gasteiger partial charge >= 0.3 is 0 Å². The molecule has 0 saturated carbocycles. The first-order valence-corrected chi connectivity index (χ1v) is 8.69. The second kappa shape index (κ2) is 7.37. The van der Waals surface area contributed by atoms with Gasteiger partial charge in [0.15, 0.2) is 0 Å². The summed E-state index contributed by atoms with van der Waals surface area (Å²) in [6, 6.07) is 8.16. The SMILES string of the molecule is CCc1[nH]ncc1C(=O)N1CCOC(CO)(Cc2cccc(C)c2)C1. The van der Waals surface area contributed by atoms with Crippen molar-refractivity contribution in [1.29, 1.82) is 0 Å². The number of ether oxygens (including phenoxy) is 1. The zero-order chi connectivity index (χ0) is 17.9. The van der Waals surface area contributed by atoms with Crippen molar-refractivity contribution in [2.24, 2.45) is 0 Å². The first-order chi connectivity index (χ1) is 12.1. The lowest BCUT2D eigenvalue weighted by molar-refractivity contribution is -0.123. The van der Waals surface area contributed by atoms with E-state index in [0.29, 0.717) is 31.7 Å². The Morgan fingerprint density at radius 2 is 2.32 bits per heavy atom. The lowest BCUT2D eigenvalue weighted by Gasteiger charge is -2.42. The molecule has 1 aliphatic heterocycles. The molecule has 134 valence electrons. The molecule has 6 nitrogen and oxygen atoms in total. The number of aryl methyl sites for hydroxylation is 2. The van der Waals surface area contributed by atoms with Gasteiger partial charge in [-0.2, -0.15) is 5.10 Å². The summed E-state index contributed by atoms with van der Waals surface area (Å²) in [5.74, 6) is -0.0593. The molecular formula is C19H25N3O3. The van der Waals surface area contributed by atoms with Gasteiger partial charge in [0.25, 0.3) is 5.91 Å². The van der Waals surface area contributed by atoms with Crippen molar-refractivity contribution in [3.05, 3.63) is 52.8 Å². The van der Waals surface area contributed by atoms with Crippen molar-refractivity contribution in [2.75, 3.05) is 26.3 Å². The average molecular weight is 343 g/mol.